The molecule has 0 bridgehead atoms. The molecule has 2 aromatic heterocycles. The zero-order valence-corrected chi connectivity index (χ0v) is 11.4. The lowest BCUT2D eigenvalue weighted by Gasteiger charge is -2.13. The van der Waals surface area contributed by atoms with Crippen LogP contribution in [0.5, 0.6) is 0 Å². The summed E-state index contributed by atoms with van der Waals surface area (Å²) in [5.41, 5.74) is 2.37. The number of hydrogen-bond donors (Lipinski definition) is 1. The smallest absolute Gasteiger partial charge is 0.146 e. The average Bonchev–Trinajstić information content (AvgIpc) is 3.02. The van der Waals surface area contributed by atoms with Crippen LogP contribution in [0.1, 0.15) is 37.3 Å². The molecular weight excluding hydrogens is 252 g/mol. The minimum Gasteiger partial charge on any atom is -0.369 e. The van der Waals surface area contributed by atoms with Gasteiger partial charge in [0.2, 0.25) is 0 Å². The molecule has 0 aromatic carbocycles. The molecule has 0 radical (unpaired) electrons. The van der Waals surface area contributed by atoms with E-state index in [4.69, 9.17) is 0 Å². The fourth-order valence-corrected chi connectivity index (χ4v) is 3.62. The Hall–Kier alpha value is -1.91. The molecule has 2 aromatic rings. The maximum Gasteiger partial charge on any atom is 0.146 e. The number of aryl methyl sites for hydroxylation is 1. The first-order valence-corrected chi connectivity index (χ1v) is 7.40. The predicted molar refractivity (Wildman–Crippen MR) is 76.8 cm³/mol. The van der Waals surface area contributed by atoms with Crippen molar-refractivity contribution in [3.63, 3.8) is 0 Å². The first kappa shape index (κ1) is 11.9. The number of aldehydes is 1. The van der Waals surface area contributed by atoms with Crippen LogP contribution in [0.2, 0.25) is 0 Å². The lowest BCUT2D eigenvalue weighted by atomic mass is 10.1. The van der Waals surface area contributed by atoms with E-state index in [9.17, 15) is 4.79 Å². The third-order valence-corrected chi connectivity index (χ3v) is 4.63. The normalized spacial score (nSPS) is 25.4. The van der Waals surface area contributed by atoms with Gasteiger partial charge in [-0.15, -0.1) is 0 Å². The van der Waals surface area contributed by atoms with Gasteiger partial charge in [-0.2, -0.15) is 0 Å². The van der Waals surface area contributed by atoms with Crippen LogP contribution in [-0.2, 0) is 11.2 Å². The first-order chi connectivity index (χ1) is 9.86. The minimum absolute atomic E-state index is 0.216. The Balaban J connectivity index is 1.83. The summed E-state index contributed by atoms with van der Waals surface area (Å²) in [5, 5.41) is 4.57. The molecule has 20 heavy (non-hydrogen) atoms. The quantitative estimate of drug-likeness (QED) is 0.851. The van der Waals surface area contributed by atoms with Crippen LogP contribution >= 0.6 is 0 Å². The molecule has 1 saturated carbocycles. The van der Waals surface area contributed by atoms with Crippen molar-refractivity contribution in [1.29, 1.82) is 0 Å². The Bertz CT molecular complexity index is 663. The summed E-state index contributed by atoms with van der Waals surface area (Å²) in [4.78, 5) is 19.9. The van der Waals surface area contributed by atoms with E-state index in [0.717, 1.165) is 56.4 Å². The molecule has 1 aliphatic carbocycles. The zero-order valence-electron chi connectivity index (χ0n) is 11.4. The number of hydrogen-bond acceptors (Lipinski definition) is 4. The van der Waals surface area contributed by atoms with Crippen molar-refractivity contribution in [2.75, 3.05) is 11.9 Å². The summed E-state index contributed by atoms with van der Waals surface area (Å²) in [7, 11) is 0. The molecule has 4 rings (SSSR count). The second kappa shape index (κ2) is 4.58. The van der Waals surface area contributed by atoms with Crippen molar-refractivity contribution in [2.45, 2.75) is 38.1 Å². The van der Waals surface area contributed by atoms with Crippen LogP contribution in [-0.4, -0.2) is 27.4 Å². The number of rotatable bonds is 2. The van der Waals surface area contributed by atoms with Crippen LogP contribution in [0.4, 0.5) is 5.82 Å². The topological polar surface area (TPSA) is 59.8 Å². The first-order valence-electron chi connectivity index (χ1n) is 7.40. The molecule has 5 heteroatoms. The van der Waals surface area contributed by atoms with Gasteiger partial charge in [0.15, 0.2) is 0 Å². The highest BCUT2D eigenvalue weighted by molar-refractivity contribution is 5.91. The SMILES string of the molecule is O=CC1CCC(n2cc3c4c(ncnc42)NCCC3)C1. The van der Waals surface area contributed by atoms with Crippen molar-refractivity contribution in [3.8, 4) is 0 Å². The van der Waals surface area contributed by atoms with Crippen LogP contribution in [0.25, 0.3) is 11.0 Å². The highest BCUT2D eigenvalue weighted by Crippen LogP contribution is 2.38. The van der Waals surface area contributed by atoms with Crippen LogP contribution in [0.3, 0.4) is 0 Å². The Morgan fingerprint density at radius 3 is 3.15 bits per heavy atom. The van der Waals surface area contributed by atoms with Crippen molar-refractivity contribution in [1.82, 2.24) is 14.5 Å². The molecule has 0 saturated heterocycles. The van der Waals surface area contributed by atoms with Gasteiger partial charge in [0.25, 0.3) is 0 Å². The van der Waals surface area contributed by atoms with Gasteiger partial charge in [0, 0.05) is 24.7 Å². The Labute approximate surface area is 117 Å². The van der Waals surface area contributed by atoms with E-state index in [1.165, 1.54) is 10.9 Å². The number of carbonyl (C=O) groups is 1. The molecule has 1 fully saturated rings. The van der Waals surface area contributed by atoms with Gasteiger partial charge < -0.3 is 14.7 Å². The zero-order chi connectivity index (χ0) is 13.5. The van der Waals surface area contributed by atoms with Crippen molar-refractivity contribution in [3.05, 3.63) is 18.1 Å². The van der Waals surface area contributed by atoms with Gasteiger partial charge in [0.1, 0.15) is 24.1 Å². The molecule has 0 spiro atoms. The van der Waals surface area contributed by atoms with E-state index in [0.29, 0.717) is 6.04 Å². The van der Waals surface area contributed by atoms with E-state index in [-0.39, 0.29) is 5.92 Å². The fourth-order valence-electron chi connectivity index (χ4n) is 3.62. The van der Waals surface area contributed by atoms with E-state index in [1.807, 2.05) is 0 Å². The summed E-state index contributed by atoms with van der Waals surface area (Å²) >= 11 is 0. The molecule has 0 amide bonds. The summed E-state index contributed by atoms with van der Waals surface area (Å²) in [5.74, 6) is 1.18. The second-order valence-corrected chi connectivity index (χ2v) is 5.88. The highest BCUT2D eigenvalue weighted by atomic mass is 16.1. The average molecular weight is 270 g/mol. The molecule has 104 valence electrons. The summed E-state index contributed by atoms with van der Waals surface area (Å²) < 4.78 is 2.28. The van der Waals surface area contributed by atoms with Gasteiger partial charge in [-0.05, 0) is 37.7 Å². The van der Waals surface area contributed by atoms with Crippen LogP contribution < -0.4 is 5.32 Å². The van der Waals surface area contributed by atoms with E-state index in [1.54, 1.807) is 6.33 Å². The molecule has 3 heterocycles. The maximum atomic E-state index is 11.0. The van der Waals surface area contributed by atoms with E-state index >= 15 is 0 Å². The largest absolute Gasteiger partial charge is 0.369 e. The monoisotopic (exact) mass is 270 g/mol. The van der Waals surface area contributed by atoms with Gasteiger partial charge in [-0.1, -0.05) is 0 Å². The van der Waals surface area contributed by atoms with Crippen molar-refractivity contribution in [2.24, 2.45) is 5.92 Å². The number of nitrogens with zero attached hydrogens (tertiary/aromatic N) is 3. The predicted octanol–water partition coefficient (Wildman–Crippen LogP) is 2.33. The number of aromatic nitrogens is 3. The number of nitrogens with one attached hydrogen (secondary N) is 1. The lowest BCUT2D eigenvalue weighted by Crippen LogP contribution is -2.07. The van der Waals surface area contributed by atoms with Crippen LogP contribution in [0, 0.1) is 5.92 Å². The summed E-state index contributed by atoms with van der Waals surface area (Å²) in [6.45, 7) is 0.970. The van der Waals surface area contributed by atoms with Gasteiger partial charge in [0.05, 0.1) is 5.39 Å². The second-order valence-electron chi connectivity index (χ2n) is 5.88. The summed E-state index contributed by atoms with van der Waals surface area (Å²) in [6.07, 6.45) is 10.2. The Morgan fingerprint density at radius 1 is 1.35 bits per heavy atom. The van der Waals surface area contributed by atoms with Crippen LogP contribution in [0.15, 0.2) is 12.5 Å². The molecule has 2 atom stereocenters. The van der Waals surface area contributed by atoms with Crippen molar-refractivity contribution < 1.29 is 4.79 Å². The Morgan fingerprint density at radius 2 is 2.30 bits per heavy atom. The lowest BCUT2D eigenvalue weighted by molar-refractivity contribution is -0.110. The van der Waals surface area contributed by atoms with Crippen molar-refractivity contribution >= 4 is 23.1 Å². The molecule has 2 unspecified atom stereocenters. The van der Waals surface area contributed by atoms with Gasteiger partial charge in [-0.3, -0.25) is 0 Å². The minimum atomic E-state index is 0.216. The molecule has 2 aliphatic rings. The third kappa shape index (κ3) is 1.72. The molecular formula is C15H18N4O. The highest BCUT2D eigenvalue weighted by Gasteiger charge is 2.28. The molecule has 5 nitrogen and oxygen atoms in total. The van der Waals surface area contributed by atoms with Gasteiger partial charge in [-0.25, -0.2) is 9.97 Å². The van der Waals surface area contributed by atoms with E-state index < -0.39 is 0 Å². The maximum absolute atomic E-state index is 11.0. The van der Waals surface area contributed by atoms with Gasteiger partial charge >= 0.3 is 0 Å². The fraction of sp³-hybridized carbons (Fsp3) is 0.533. The molecule has 1 N–H and O–H groups in total. The Kier molecular flexibility index (Phi) is 2.72. The molecule has 1 aliphatic heterocycles. The third-order valence-electron chi connectivity index (χ3n) is 4.63. The van der Waals surface area contributed by atoms with E-state index in [2.05, 4.69) is 26.0 Å². The number of carbonyl (C=O) groups excluding carboxylic acids is 1. The number of anilines is 1. The summed E-state index contributed by atoms with van der Waals surface area (Å²) in [6, 6.07) is 0.406. The standard InChI is InChI=1S/C15H18N4O/c20-8-10-3-4-12(6-10)19-7-11-2-1-5-16-14-13(11)15(19)18-9-17-14/h7-10,12H,1-6H2,(H,16,17,18).